The average Bonchev–Trinajstić information content (AvgIpc) is 2.68. The molecule has 0 amide bonds. The van der Waals surface area contributed by atoms with Crippen molar-refractivity contribution in [2.45, 2.75) is 6.42 Å². The number of hydrogen-bond acceptors (Lipinski definition) is 4. The quantitative estimate of drug-likeness (QED) is 0.788. The molecule has 0 fully saturated rings. The Morgan fingerprint density at radius 1 is 1.19 bits per heavy atom. The Hall–Kier alpha value is -2.99. The lowest BCUT2D eigenvalue weighted by atomic mass is 10.0. The van der Waals surface area contributed by atoms with Crippen molar-refractivity contribution in [3.63, 3.8) is 0 Å². The molecule has 132 valence electrons. The van der Waals surface area contributed by atoms with Crippen LogP contribution in [-0.2, 0) is 0 Å². The van der Waals surface area contributed by atoms with Gasteiger partial charge in [-0.15, -0.1) is 0 Å². The van der Waals surface area contributed by atoms with Gasteiger partial charge < -0.3 is 10.1 Å². The van der Waals surface area contributed by atoms with Crippen LogP contribution in [0.25, 0.3) is 22.5 Å². The molecule has 0 spiro atoms. The van der Waals surface area contributed by atoms with E-state index in [1.165, 1.54) is 35.3 Å². The fourth-order valence-electron chi connectivity index (χ4n) is 3.15. The summed E-state index contributed by atoms with van der Waals surface area (Å²) in [4.78, 5) is 17.1. The second-order valence-corrected chi connectivity index (χ2v) is 6.16. The van der Waals surface area contributed by atoms with Gasteiger partial charge in [0.25, 0.3) is 5.56 Å². The van der Waals surface area contributed by atoms with Crippen molar-refractivity contribution in [2.75, 3.05) is 20.2 Å². The van der Waals surface area contributed by atoms with Crippen molar-refractivity contribution < 1.29 is 9.13 Å². The normalized spacial score (nSPS) is 14.3. The zero-order valence-corrected chi connectivity index (χ0v) is 14.3. The third-order valence-electron chi connectivity index (χ3n) is 4.54. The topological polar surface area (TPSA) is 55.6 Å². The number of nitrogens with zero attached hydrogens (tertiary/aromatic N) is 2. The van der Waals surface area contributed by atoms with Gasteiger partial charge in [-0.25, -0.2) is 9.37 Å². The molecule has 1 aliphatic rings. The molecule has 26 heavy (non-hydrogen) atoms. The number of halogens is 1. The zero-order valence-electron chi connectivity index (χ0n) is 14.3. The van der Waals surface area contributed by atoms with E-state index in [1.807, 2.05) is 18.3 Å². The molecule has 1 aliphatic heterocycles. The van der Waals surface area contributed by atoms with Crippen molar-refractivity contribution in [3.05, 3.63) is 70.4 Å². The molecule has 5 nitrogen and oxygen atoms in total. The van der Waals surface area contributed by atoms with Gasteiger partial charge in [0.1, 0.15) is 5.65 Å². The predicted molar refractivity (Wildman–Crippen MR) is 98.9 cm³/mol. The molecule has 0 saturated heterocycles. The first-order chi connectivity index (χ1) is 12.7. The van der Waals surface area contributed by atoms with Gasteiger partial charge >= 0.3 is 0 Å². The number of hydrogen-bond donors (Lipinski definition) is 1. The molecule has 2 aromatic heterocycles. The molecular weight excluding hydrogens is 333 g/mol. The van der Waals surface area contributed by atoms with Gasteiger partial charge in [0, 0.05) is 24.4 Å². The molecule has 6 heteroatoms. The molecule has 0 saturated carbocycles. The van der Waals surface area contributed by atoms with Gasteiger partial charge in [0.15, 0.2) is 11.6 Å². The predicted octanol–water partition coefficient (Wildman–Crippen LogP) is 2.89. The summed E-state index contributed by atoms with van der Waals surface area (Å²) < 4.78 is 20.4. The van der Waals surface area contributed by atoms with Crippen molar-refractivity contribution >= 4 is 11.2 Å². The van der Waals surface area contributed by atoms with E-state index in [0.29, 0.717) is 16.9 Å². The van der Waals surface area contributed by atoms with E-state index in [4.69, 9.17) is 4.74 Å². The Kier molecular flexibility index (Phi) is 4.26. The second-order valence-electron chi connectivity index (χ2n) is 6.16. The largest absolute Gasteiger partial charge is 0.494 e. The molecule has 3 aromatic rings. The van der Waals surface area contributed by atoms with E-state index in [9.17, 15) is 9.18 Å². The first-order valence-electron chi connectivity index (χ1n) is 8.43. The highest BCUT2D eigenvalue weighted by molar-refractivity contribution is 5.68. The van der Waals surface area contributed by atoms with Crippen molar-refractivity contribution in [1.29, 1.82) is 0 Å². The van der Waals surface area contributed by atoms with Gasteiger partial charge in [-0.2, -0.15) is 0 Å². The summed E-state index contributed by atoms with van der Waals surface area (Å²) in [5.74, 6) is -0.327. The lowest BCUT2D eigenvalue weighted by molar-refractivity contribution is 0.386. The zero-order chi connectivity index (χ0) is 18.1. The maximum atomic E-state index is 14.0. The standard InChI is InChI=1S/C20H18FN3O2/c1-26-18-4-2-14(10-16(18)21)17-11-20(25)24-12-15(3-5-19(24)23-17)13-6-8-22-9-7-13/h2-6,10-12,22H,7-9H2,1H3. The number of ether oxygens (including phenoxy) is 1. The highest BCUT2D eigenvalue weighted by Gasteiger charge is 2.11. The monoisotopic (exact) mass is 351 g/mol. The Balaban J connectivity index is 1.79. The van der Waals surface area contributed by atoms with Crippen LogP contribution in [-0.4, -0.2) is 29.6 Å². The molecule has 0 aliphatic carbocycles. The minimum absolute atomic E-state index is 0.158. The summed E-state index contributed by atoms with van der Waals surface area (Å²) in [6.07, 6.45) is 4.88. The van der Waals surface area contributed by atoms with E-state index in [0.717, 1.165) is 25.1 Å². The van der Waals surface area contributed by atoms with Gasteiger partial charge in [0.05, 0.1) is 12.8 Å². The van der Waals surface area contributed by atoms with Gasteiger partial charge in [-0.3, -0.25) is 9.20 Å². The van der Waals surface area contributed by atoms with Crippen molar-refractivity contribution in [2.24, 2.45) is 0 Å². The minimum Gasteiger partial charge on any atom is -0.494 e. The highest BCUT2D eigenvalue weighted by atomic mass is 19.1. The van der Waals surface area contributed by atoms with Gasteiger partial charge in [0.2, 0.25) is 0 Å². The molecule has 4 rings (SSSR count). The summed E-state index contributed by atoms with van der Waals surface area (Å²) in [6.45, 7) is 1.77. The van der Waals surface area contributed by atoms with Gasteiger partial charge in [-0.1, -0.05) is 6.08 Å². The maximum Gasteiger partial charge on any atom is 0.258 e. The third-order valence-corrected chi connectivity index (χ3v) is 4.54. The van der Waals surface area contributed by atoms with Gasteiger partial charge in [-0.05, 0) is 54.4 Å². The van der Waals surface area contributed by atoms with Crippen LogP contribution in [0.1, 0.15) is 12.0 Å². The van der Waals surface area contributed by atoms with Crippen LogP contribution in [0.2, 0.25) is 0 Å². The van der Waals surface area contributed by atoms with Crippen LogP contribution in [0.5, 0.6) is 5.75 Å². The van der Waals surface area contributed by atoms with Crippen molar-refractivity contribution in [3.8, 4) is 17.0 Å². The first-order valence-corrected chi connectivity index (χ1v) is 8.43. The summed E-state index contributed by atoms with van der Waals surface area (Å²) in [5.41, 5.74) is 3.54. The summed E-state index contributed by atoms with van der Waals surface area (Å²) in [7, 11) is 1.41. The Morgan fingerprint density at radius 2 is 2.04 bits per heavy atom. The molecule has 0 unspecified atom stereocenters. The Morgan fingerprint density at radius 3 is 2.77 bits per heavy atom. The SMILES string of the molecule is COc1ccc(-c2cc(=O)n3cc(C4=CCNCC4)ccc3n2)cc1F. The summed E-state index contributed by atoms with van der Waals surface area (Å²) in [5, 5.41) is 3.27. The number of fused-ring (bicyclic) bond motifs is 1. The van der Waals surface area contributed by atoms with E-state index in [2.05, 4.69) is 16.4 Å². The first kappa shape index (κ1) is 16.5. The smallest absolute Gasteiger partial charge is 0.258 e. The van der Waals surface area contributed by atoms with Crippen LogP contribution in [0.4, 0.5) is 4.39 Å². The van der Waals surface area contributed by atoms with Crippen LogP contribution in [0.15, 0.2) is 53.5 Å². The number of nitrogens with one attached hydrogen (secondary N) is 1. The van der Waals surface area contributed by atoms with Crippen LogP contribution >= 0.6 is 0 Å². The number of rotatable bonds is 3. The molecule has 0 atom stereocenters. The summed E-state index contributed by atoms with van der Waals surface area (Å²) >= 11 is 0. The number of aromatic nitrogens is 2. The molecule has 0 bridgehead atoms. The molecule has 1 aromatic carbocycles. The Bertz CT molecular complexity index is 1070. The van der Waals surface area contributed by atoms with E-state index >= 15 is 0 Å². The fraction of sp³-hybridized carbons (Fsp3) is 0.200. The molecular formula is C20H18FN3O2. The molecule has 0 radical (unpaired) electrons. The number of methoxy groups -OCH3 is 1. The van der Waals surface area contributed by atoms with E-state index in [1.54, 1.807) is 6.07 Å². The third kappa shape index (κ3) is 2.99. The second kappa shape index (κ2) is 6.72. The molecule has 1 N–H and O–H groups in total. The highest BCUT2D eigenvalue weighted by Crippen LogP contribution is 2.24. The van der Waals surface area contributed by atoms with Crippen LogP contribution in [0, 0.1) is 5.82 Å². The number of benzene rings is 1. The van der Waals surface area contributed by atoms with Crippen LogP contribution in [0.3, 0.4) is 0 Å². The van der Waals surface area contributed by atoms with Crippen molar-refractivity contribution in [1.82, 2.24) is 14.7 Å². The summed E-state index contributed by atoms with van der Waals surface area (Å²) in [6, 6.07) is 9.76. The van der Waals surface area contributed by atoms with Crippen LogP contribution < -0.4 is 15.6 Å². The van der Waals surface area contributed by atoms with E-state index < -0.39 is 5.82 Å². The van der Waals surface area contributed by atoms with E-state index in [-0.39, 0.29) is 11.3 Å². The Labute approximate surface area is 149 Å². The number of pyridine rings is 1. The fourth-order valence-corrected chi connectivity index (χ4v) is 3.15. The lowest BCUT2D eigenvalue weighted by Gasteiger charge is -2.15. The molecule has 3 heterocycles. The maximum absolute atomic E-state index is 14.0. The lowest BCUT2D eigenvalue weighted by Crippen LogP contribution is -2.20. The minimum atomic E-state index is -0.486. The average molecular weight is 351 g/mol.